The van der Waals surface area contributed by atoms with Gasteiger partial charge in [-0.2, -0.15) is 0 Å². The number of hydrogen-bond acceptors (Lipinski definition) is 4. The molecular weight excluding hydrogens is 486 g/mol. The Morgan fingerprint density at radius 3 is 2.32 bits per heavy atom. The van der Waals surface area contributed by atoms with Crippen molar-refractivity contribution in [2.24, 2.45) is 17.0 Å². The molecule has 5 rings (SSSR count). The highest BCUT2D eigenvalue weighted by Gasteiger charge is 2.40. The molecule has 1 heterocycles. The molecule has 2 amide bonds. The maximum Gasteiger partial charge on any atom is 0.238 e. The number of hydrogen-bond donors (Lipinski definition) is 2. The third kappa shape index (κ3) is 5.45. The molecule has 0 aromatic heterocycles. The average molecular weight is 518 g/mol. The number of fused-ring (bicyclic) bond motifs is 1. The van der Waals surface area contributed by atoms with Crippen LogP contribution in [0, 0.1) is 11.8 Å². The lowest BCUT2D eigenvalue weighted by Gasteiger charge is -2.32. The first-order chi connectivity index (χ1) is 17.8. The highest BCUT2D eigenvalue weighted by Crippen LogP contribution is 2.35. The third-order valence-corrected chi connectivity index (χ3v) is 8.51. The number of carbonyl (C=O) groups is 2. The first kappa shape index (κ1) is 25.2. The molecule has 1 fully saturated rings. The SMILES string of the molecule is NS(=O)(=O)c1ccccc1-c1ccc(CNC(=O)[C@@H]2CCC[C@H]2C(=O)N2CCc3ccccc3C2)cc1. The molecule has 0 spiro atoms. The normalized spacial score (nSPS) is 19.3. The molecule has 8 heteroatoms. The summed E-state index contributed by atoms with van der Waals surface area (Å²) >= 11 is 0. The predicted molar refractivity (Wildman–Crippen MR) is 141 cm³/mol. The van der Waals surface area contributed by atoms with Gasteiger partial charge >= 0.3 is 0 Å². The molecule has 0 saturated heterocycles. The number of nitrogens with zero attached hydrogens (tertiary/aromatic N) is 1. The first-order valence-corrected chi connectivity index (χ1v) is 14.2. The minimum absolute atomic E-state index is 0.0742. The standard InChI is InChI=1S/C29H31N3O4S/c30-37(35,36)27-11-4-3-8-24(27)22-14-12-20(13-15-22)18-31-28(33)25-9-5-10-26(25)29(34)32-17-16-21-6-1-2-7-23(21)19-32/h1-4,6-8,11-15,25-26H,5,9-10,16-19H2,(H,31,33)(H2,30,35,36)/t25-,26-/m1/s1. The Kier molecular flexibility index (Phi) is 7.13. The number of rotatable bonds is 6. The Hall–Kier alpha value is -3.49. The van der Waals surface area contributed by atoms with E-state index in [4.69, 9.17) is 5.14 Å². The van der Waals surface area contributed by atoms with Gasteiger partial charge in [0.15, 0.2) is 0 Å². The summed E-state index contributed by atoms with van der Waals surface area (Å²) in [5.74, 6) is -0.588. The van der Waals surface area contributed by atoms with E-state index in [9.17, 15) is 18.0 Å². The topological polar surface area (TPSA) is 110 Å². The summed E-state index contributed by atoms with van der Waals surface area (Å²) in [5.41, 5.74) is 4.64. The largest absolute Gasteiger partial charge is 0.352 e. The lowest BCUT2D eigenvalue weighted by atomic mass is 9.91. The van der Waals surface area contributed by atoms with Crippen LogP contribution in [0.5, 0.6) is 0 Å². The monoisotopic (exact) mass is 517 g/mol. The van der Waals surface area contributed by atoms with Gasteiger partial charge in [0.2, 0.25) is 21.8 Å². The molecule has 1 saturated carbocycles. The number of nitrogens with two attached hydrogens (primary N) is 1. The van der Waals surface area contributed by atoms with Gasteiger partial charge in [0.05, 0.1) is 4.90 Å². The summed E-state index contributed by atoms with van der Waals surface area (Å²) in [6, 6.07) is 22.2. The fraction of sp³-hybridized carbons (Fsp3) is 0.310. The van der Waals surface area contributed by atoms with E-state index in [1.54, 1.807) is 18.2 Å². The predicted octanol–water partition coefficient (Wildman–Crippen LogP) is 3.62. The second kappa shape index (κ2) is 10.5. The smallest absolute Gasteiger partial charge is 0.238 e. The van der Waals surface area contributed by atoms with Crippen LogP contribution < -0.4 is 10.5 Å². The molecule has 7 nitrogen and oxygen atoms in total. The van der Waals surface area contributed by atoms with Gasteiger partial charge in [0.1, 0.15) is 0 Å². The summed E-state index contributed by atoms with van der Waals surface area (Å²) in [6.45, 7) is 1.65. The van der Waals surface area contributed by atoms with E-state index in [0.717, 1.165) is 36.8 Å². The van der Waals surface area contributed by atoms with Crippen molar-refractivity contribution in [3.05, 3.63) is 89.5 Å². The van der Waals surface area contributed by atoms with Gasteiger partial charge in [-0.05, 0) is 47.6 Å². The van der Waals surface area contributed by atoms with Crippen LogP contribution in [0.4, 0.5) is 0 Å². The van der Waals surface area contributed by atoms with Crippen LogP contribution >= 0.6 is 0 Å². The second-order valence-corrected chi connectivity index (χ2v) is 11.4. The summed E-state index contributed by atoms with van der Waals surface area (Å²) in [7, 11) is -3.85. The van der Waals surface area contributed by atoms with E-state index >= 15 is 0 Å². The van der Waals surface area contributed by atoms with Crippen LogP contribution in [0.1, 0.15) is 36.0 Å². The number of nitrogens with one attached hydrogen (secondary N) is 1. The molecule has 37 heavy (non-hydrogen) atoms. The summed E-state index contributed by atoms with van der Waals surface area (Å²) < 4.78 is 23.9. The molecule has 0 bridgehead atoms. The minimum Gasteiger partial charge on any atom is -0.352 e. The molecule has 2 aliphatic rings. The number of primary sulfonamides is 1. The first-order valence-electron chi connectivity index (χ1n) is 12.7. The zero-order chi connectivity index (χ0) is 26.0. The lowest BCUT2D eigenvalue weighted by Crippen LogP contribution is -2.43. The number of carbonyl (C=O) groups excluding carboxylic acids is 2. The van der Waals surface area contributed by atoms with Crippen molar-refractivity contribution in [1.29, 1.82) is 0 Å². The van der Waals surface area contributed by atoms with Crippen LogP contribution in [0.25, 0.3) is 11.1 Å². The molecule has 0 unspecified atom stereocenters. The van der Waals surface area contributed by atoms with Crippen molar-refractivity contribution in [1.82, 2.24) is 10.2 Å². The van der Waals surface area contributed by atoms with Crippen molar-refractivity contribution in [2.45, 2.75) is 43.7 Å². The maximum atomic E-state index is 13.4. The van der Waals surface area contributed by atoms with E-state index in [2.05, 4.69) is 17.4 Å². The second-order valence-electron chi connectivity index (χ2n) is 9.88. The van der Waals surface area contributed by atoms with Gasteiger partial charge in [0, 0.05) is 37.0 Å². The van der Waals surface area contributed by atoms with Gasteiger partial charge in [-0.25, -0.2) is 13.6 Å². The Morgan fingerprint density at radius 1 is 0.892 bits per heavy atom. The summed E-state index contributed by atoms with van der Waals surface area (Å²) in [5, 5.41) is 8.38. The average Bonchev–Trinajstić information content (AvgIpc) is 3.41. The lowest BCUT2D eigenvalue weighted by molar-refractivity contribution is -0.141. The summed E-state index contributed by atoms with van der Waals surface area (Å²) in [4.78, 5) is 28.4. The van der Waals surface area contributed by atoms with Crippen LogP contribution in [-0.2, 0) is 39.1 Å². The Labute approximate surface area is 217 Å². The molecule has 2 atom stereocenters. The molecule has 3 aromatic rings. The quantitative estimate of drug-likeness (QED) is 0.520. The van der Waals surface area contributed by atoms with Gasteiger partial charge in [-0.1, -0.05) is 73.2 Å². The zero-order valence-corrected chi connectivity index (χ0v) is 21.4. The number of amides is 2. The molecule has 0 radical (unpaired) electrons. The number of benzene rings is 3. The van der Waals surface area contributed by atoms with Crippen LogP contribution in [0.15, 0.2) is 77.7 Å². The van der Waals surface area contributed by atoms with Crippen molar-refractivity contribution < 1.29 is 18.0 Å². The molecule has 1 aliphatic heterocycles. The van der Waals surface area contributed by atoms with Crippen molar-refractivity contribution in [3.8, 4) is 11.1 Å². The fourth-order valence-electron chi connectivity index (χ4n) is 5.56. The highest BCUT2D eigenvalue weighted by atomic mass is 32.2. The fourth-order valence-corrected chi connectivity index (χ4v) is 6.32. The number of sulfonamides is 1. The Morgan fingerprint density at radius 2 is 1.57 bits per heavy atom. The minimum atomic E-state index is -3.85. The third-order valence-electron chi connectivity index (χ3n) is 7.54. The van der Waals surface area contributed by atoms with Crippen LogP contribution in [0.3, 0.4) is 0 Å². The van der Waals surface area contributed by atoms with E-state index in [1.165, 1.54) is 17.2 Å². The molecule has 3 N–H and O–H groups in total. The zero-order valence-electron chi connectivity index (χ0n) is 20.6. The van der Waals surface area contributed by atoms with E-state index in [0.29, 0.717) is 25.2 Å². The summed E-state index contributed by atoms with van der Waals surface area (Å²) in [6.07, 6.45) is 3.18. The van der Waals surface area contributed by atoms with E-state index in [1.807, 2.05) is 41.3 Å². The maximum absolute atomic E-state index is 13.4. The Balaban J connectivity index is 1.21. The molecule has 192 valence electrons. The highest BCUT2D eigenvalue weighted by molar-refractivity contribution is 7.89. The van der Waals surface area contributed by atoms with E-state index in [-0.39, 0.29) is 28.5 Å². The van der Waals surface area contributed by atoms with Crippen molar-refractivity contribution in [3.63, 3.8) is 0 Å². The van der Waals surface area contributed by atoms with Crippen LogP contribution in [0.2, 0.25) is 0 Å². The van der Waals surface area contributed by atoms with Gasteiger partial charge < -0.3 is 10.2 Å². The van der Waals surface area contributed by atoms with Gasteiger partial charge in [-0.3, -0.25) is 9.59 Å². The molecule has 1 aliphatic carbocycles. The van der Waals surface area contributed by atoms with Crippen molar-refractivity contribution in [2.75, 3.05) is 6.54 Å². The van der Waals surface area contributed by atoms with Gasteiger partial charge in [0.25, 0.3) is 0 Å². The van der Waals surface area contributed by atoms with Crippen molar-refractivity contribution >= 4 is 21.8 Å². The van der Waals surface area contributed by atoms with Crippen LogP contribution in [-0.4, -0.2) is 31.7 Å². The van der Waals surface area contributed by atoms with E-state index < -0.39 is 10.0 Å². The van der Waals surface area contributed by atoms with Gasteiger partial charge in [-0.15, -0.1) is 0 Å². The molecule has 3 aromatic carbocycles. The molecular formula is C29H31N3O4S. The Bertz CT molecular complexity index is 1420.